The smallest absolute Gasteiger partial charge is 0.182 e. The van der Waals surface area contributed by atoms with Crippen LogP contribution in [-0.4, -0.2) is 29.1 Å². The second kappa shape index (κ2) is 5.80. The molecule has 1 aromatic heterocycles. The van der Waals surface area contributed by atoms with Crippen LogP contribution in [0, 0.1) is 11.3 Å². The van der Waals surface area contributed by atoms with Gasteiger partial charge in [0.25, 0.3) is 0 Å². The molecule has 0 bridgehead atoms. The number of fused-ring (bicyclic) bond motifs is 1. The molecule has 1 aliphatic heterocycles. The Morgan fingerprint density at radius 2 is 2.14 bits per heavy atom. The lowest BCUT2D eigenvalue weighted by Crippen LogP contribution is -2.33. The van der Waals surface area contributed by atoms with E-state index in [2.05, 4.69) is 51.4 Å². The summed E-state index contributed by atoms with van der Waals surface area (Å²) in [6, 6.07) is 11.1. The van der Waals surface area contributed by atoms with Gasteiger partial charge in [0.05, 0.1) is 0 Å². The zero-order valence-electron chi connectivity index (χ0n) is 12.0. The molecule has 5 heteroatoms. The lowest BCUT2D eigenvalue weighted by atomic mass is 10.1. The number of hydrogen-bond donors (Lipinski definition) is 1. The highest BCUT2D eigenvalue weighted by atomic mass is 15.2. The lowest BCUT2D eigenvalue weighted by Gasteiger charge is -2.25. The molecule has 21 heavy (non-hydrogen) atoms. The summed E-state index contributed by atoms with van der Waals surface area (Å²) in [6.45, 7) is 3.84. The minimum atomic E-state index is 0.340. The number of anilines is 2. The monoisotopic (exact) mass is 279 g/mol. The van der Waals surface area contributed by atoms with E-state index in [4.69, 9.17) is 5.26 Å². The van der Waals surface area contributed by atoms with Gasteiger partial charge in [-0.05, 0) is 25.0 Å². The quantitative estimate of drug-likeness (QED) is 0.929. The van der Waals surface area contributed by atoms with E-state index in [1.165, 1.54) is 17.4 Å². The topological polar surface area (TPSA) is 64.8 Å². The molecule has 1 unspecified atom stereocenters. The van der Waals surface area contributed by atoms with Crippen molar-refractivity contribution in [2.75, 3.05) is 23.3 Å². The van der Waals surface area contributed by atoms with Crippen LogP contribution in [-0.2, 0) is 6.42 Å². The SMILES string of the molecule is CC1Cc2ccccc2N1CCNc1nccnc1C#N. The van der Waals surface area contributed by atoms with E-state index < -0.39 is 0 Å². The first-order valence-corrected chi connectivity index (χ1v) is 7.09. The molecule has 0 saturated heterocycles. The molecule has 5 nitrogen and oxygen atoms in total. The Morgan fingerprint density at radius 1 is 1.33 bits per heavy atom. The van der Waals surface area contributed by atoms with Gasteiger partial charge in [-0.15, -0.1) is 0 Å². The molecular weight excluding hydrogens is 262 g/mol. The first-order valence-electron chi connectivity index (χ1n) is 7.09. The Morgan fingerprint density at radius 3 is 3.00 bits per heavy atom. The fourth-order valence-electron chi connectivity index (χ4n) is 2.81. The van der Waals surface area contributed by atoms with Crippen molar-refractivity contribution < 1.29 is 0 Å². The van der Waals surface area contributed by atoms with Crippen LogP contribution in [0.5, 0.6) is 0 Å². The third kappa shape index (κ3) is 2.65. The normalized spacial score (nSPS) is 16.4. The molecule has 0 spiro atoms. The van der Waals surface area contributed by atoms with Crippen molar-refractivity contribution in [3.8, 4) is 6.07 Å². The number of hydrogen-bond acceptors (Lipinski definition) is 5. The molecule has 2 heterocycles. The molecule has 1 atom stereocenters. The molecule has 0 radical (unpaired) electrons. The summed E-state index contributed by atoms with van der Waals surface area (Å²) in [5.74, 6) is 0.556. The second-order valence-corrected chi connectivity index (χ2v) is 5.17. The zero-order valence-corrected chi connectivity index (χ0v) is 12.0. The Labute approximate surface area is 124 Å². The predicted molar refractivity (Wildman–Crippen MR) is 82.2 cm³/mol. The molecule has 0 fully saturated rings. The van der Waals surface area contributed by atoms with Crippen LogP contribution in [0.2, 0.25) is 0 Å². The summed E-state index contributed by atoms with van der Waals surface area (Å²) >= 11 is 0. The van der Waals surface area contributed by atoms with Crippen molar-refractivity contribution in [1.29, 1.82) is 5.26 Å². The Kier molecular flexibility index (Phi) is 3.69. The molecule has 1 N–H and O–H groups in total. The number of benzene rings is 1. The third-order valence-electron chi connectivity index (χ3n) is 3.80. The van der Waals surface area contributed by atoms with Gasteiger partial charge in [-0.25, -0.2) is 9.97 Å². The van der Waals surface area contributed by atoms with Gasteiger partial charge >= 0.3 is 0 Å². The standard InChI is InChI=1S/C16H17N5/c1-12-10-13-4-2-3-5-15(13)21(12)9-8-20-16-14(11-17)18-6-7-19-16/h2-7,12H,8-10H2,1H3,(H,19,20). The number of rotatable bonds is 4. The van der Waals surface area contributed by atoms with E-state index in [0.717, 1.165) is 19.5 Å². The first-order chi connectivity index (χ1) is 10.3. The molecule has 1 aliphatic rings. The molecular formula is C16H17N5. The minimum Gasteiger partial charge on any atom is -0.367 e. The van der Waals surface area contributed by atoms with Gasteiger partial charge in [0.15, 0.2) is 11.5 Å². The van der Waals surface area contributed by atoms with Crippen LogP contribution in [0.3, 0.4) is 0 Å². The average Bonchev–Trinajstić information content (AvgIpc) is 2.84. The highest BCUT2D eigenvalue weighted by Crippen LogP contribution is 2.31. The third-order valence-corrected chi connectivity index (χ3v) is 3.80. The Bertz CT molecular complexity index is 676. The van der Waals surface area contributed by atoms with Gasteiger partial charge in [-0.3, -0.25) is 0 Å². The number of nitrogens with zero attached hydrogens (tertiary/aromatic N) is 4. The van der Waals surface area contributed by atoms with Gasteiger partial charge in [-0.2, -0.15) is 5.26 Å². The van der Waals surface area contributed by atoms with E-state index in [9.17, 15) is 0 Å². The molecule has 0 amide bonds. The van der Waals surface area contributed by atoms with E-state index in [1.54, 1.807) is 6.20 Å². The van der Waals surface area contributed by atoms with Crippen molar-refractivity contribution in [2.24, 2.45) is 0 Å². The van der Waals surface area contributed by atoms with Crippen molar-refractivity contribution in [1.82, 2.24) is 9.97 Å². The predicted octanol–water partition coefficient (Wildman–Crippen LogP) is 2.21. The highest BCUT2D eigenvalue weighted by Gasteiger charge is 2.24. The summed E-state index contributed by atoms with van der Waals surface area (Å²) in [6.07, 6.45) is 4.21. The van der Waals surface area contributed by atoms with Crippen LogP contribution >= 0.6 is 0 Å². The number of para-hydroxylation sites is 1. The fraction of sp³-hybridized carbons (Fsp3) is 0.312. The van der Waals surface area contributed by atoms with Gasteiger partial charge in [0.1, 0.15) is 6.07 Å². The maximum Gasteiger partial charge on any atom is 0.182 e. The van der Waals surface area contributed by atoms with Crippen molar-refractivity contribution in [3.05, 3.63) is 47.9 Å². The summed E-state index contributed by atoms with van der Waals surface area (Å²) < 4.78 is 0. The summed E-state index contributed by atoms with van der Waals surface area (Å²) in [5.41, 5.74) is 3.06. The van der Waals surface area contributed by atoms with E-state index >= 15 is 0 Å². The van der Waals surface area contributed by atoms with Crippen molar-refractivity contribution in [3.63, 3.8) is 0 Å². The summed E-state index contributed by atoms with van der Waals surface area (Å²) in [5, 5.41) is 12.2. The molecule has 106 valence electrons. The average molecular weight is 279 g/mol. The first kappa shape index (κ1) is 13.4. The maximum atomic E-state index is 9.00. The van der Waals surface area contributed by atoms with Gasteiger partial charge in [-0.1, -0.05) is 18.2 Å². The maximum absolute atomic E-state index is 9.00. The van der Waals surface area contributed by atoms with Crippen LogP contribution in [0.15, 0.2) is 36.7 Å². The molecule has 3 rings (SSSR count). The van der Waals surface area contributed by atoms with Gasteiger partial charge in [0, 0.05) is 37.2 Å². The highest BCUT2D eigenvalue weighted by molar-refractivity contribution is 5.59. The number of aromatic nitrogens is 2. The van der Waals surface area contributed by atoms with Crippen LogP contribution in [0.25, 0.3) is 0 Å². The van der Waals surface area contributed by atoms with Crippen LogP contribution in [0.4, 0.5) is 11.5 Å². The zero-order chi connectivity index (χ0) is 14.7. The lowest BCUT2D eigenvalue weighted by molar-refractivity contribution is 0.680. The van der Waals surface area contributed by atoms with Crippen LogP contribution < -0.4 is 10.2 Å². The molecule has 1 aromatic carbocycles. The van der Waals surface area contributed by atoms with Crippen LogP contribution in [0.1, 0.15) is 18.2 Å². The Balaban J connectivity index is 1.65. The molecule has 0 saturated carbocycles. The number of nitrogens with one attached hydrogen (secondary N) is 1. The Hall–Kier alpha value is -2.61. The van der Waals surface area contributed by atoms with Gasteiger partial charge in [0.2, 0.25) is 0 Å². The van der Waals surface area contributed by atoms with Crippen molar-refractivity contribution in [2.45, 2.75) is 19.4 Å². The van der Waals surface area contributed by atoms with E-state index in [-0.39, 0.29) is 0 Å². The van der Waals surface area contributed by atoms with Gasteiger partial charge < -0.3 is 10.2 Å². The summed E-state index contributed by atoms with van der Waals surface area (Å²) in [4.78, 5) is 10.6. The summed E-state index contributed by atoms with van der Waals surface area (Å²) in [7, 11) is 0. The fourth-order valence-corrected chi connectivity index (χ4v) is 2.81. The largest absolute Gasteiger partial charge is 0.367 e. The number of nitriles is 1. The molecule has 0 aliphatic carbocycles. The molecule has 2 aromatic rings. The van der Waals surface area contributed by atoms with E-state index in [0.29, 0.717) is 17.6 Å². The van der Waals surface area contributed by atoms with Crippen molar-refractivity contribution >= 4 is 11.5 Å². The van der Waals surface area contributed by atoms with E-state index in [1.807, 2.05) is 6.07 Å². The minimum absolute atomic E-state index is 0.340. The second-order valence-electron chi connectivity index (χ2n) is 5.17.